The molecule has 2 atom stereocenters. The maximum Gasteiger partial charge on any atom is 0.407 e. The van der Waals surface area contributed by atoms with Crippen molar-refractivity contribution in [1.29, 1.82) is 0 Å². The van der Waals surface area contributed by atoms with E-state index >= 15 is 0 Å². The predicted molar refractivity (Wildman–Crippen MR) is 126 cm³/mol. The number of piperazine rings is 1. The number of nitrogens with zero attached hydrogens (tertiary/aromatic N) is 7. The van der Waals surface area contributed by atoms with Crippen LogP contribution in [0.2, 0.25) is 0 Å². The molecule has 0 saturated carbocycles. The number of hydrogen-bond acceptors (Lipinski definition) is 7. The third-order valence-corrected chi connectivity index (χ3v) is 6.70. The van der Waals surface area contributed by atoms with E-state index in [0.29, 0.717) is 24.7 Å². The van der Waals surface area contributed by atoms with Gasteiger partial charge in [0.1, 0.15) is 11.6 Å². The van der Waals surface area contributed by atoms with Crippen molar-refractivity contribution in [2.45, 2.75) is 18.5 Å². The lowest BCUT2D eigenvalue weighted by atomic mass is 10.2. The van der Waals surface area contributed by atoms with Crippen molar-refractivity contribution in [3.05, 3.63) is 59.6 Å². The van der Waals surface area contributed by atoms with E-state index in [2.05, 4.69) is 41.1 Å². The van der Waals surface area contributed by atoms with Crippen molar-refractivity contribution >= 4 is 50.4 Å². The number of halogens is 1. The quantitative estimate of drug-likeness (QED) is 0.431. The number of benzene rings is 1. The Balaban J connectivity index is 1.37. The van der Waals surface area contributed by atoms with Gasteiger partial charge in [-0.25, -0.2) is 19.4 Å². The van der Waals surface area contributed by atoms with Crippen LogP contribution in [0.15, 0.2) is 59.6 Å². The van der Waals surface area contributed by atoms with Crippen LogP contribution in [0.1, 0.15) is 6.42 Å². The van der Waals surface area contributed by atoms with Crippen LogP contribution in [0, 0.1) is 0 Å². The Morgan fingerprint density at radius 3 is 2.76 bits per heavy atom. The van der Waals surface area contributed by atoms with Crippen LogP contribution in [-0.2, 0) is 0 Å². The summed E-state index contributed by atoms with van der Waals surface area (Å²) in [6.45, 7) is 1.16. The van der Waals surface area contributed by atoms with Crippen LogP contribution in [0.5, 0.6) is 0 Å². The van der Waals surface area contributed by atoms with Crippen molar-refractivity contribution in [2.75, 3.05) is 23.3 Å². The molecule has 2 saturated heterocycles. The van der Waals surface area contributed by atoms with E-state index < -0.39 is 6.09 Å². The molecule has 166 valence electrons. The first kappa shape index (κ1) is 19.9. The average Bonchev–Trinajstić information content (AvgIpc) is 3.53. The molecule has 2 N–H and O–H groups in total. The minimum atomic E-state index is -0.847. The van der Waals surface area contributed by atoms with Crippen molar-refractivity contribution < 1.29 is 9.90 Å². The number of aromatic nitrogens is 5. The highest BCUT2D eigenvalue weighted by molar-refractivity contribution is 9.10. The zero-order chi connectivity index (χ0) is 22.5. The first-order chi connectivity index (χ1) is 16.1. The van der Waals surface area contributed by atoms with E-state index in [0.717, 1.165) is 33.3 Å². The molecular formula is C22H19BrN8O2. The summed E-state index contributed by atoms with van der Waals surface area (Å²) in [5.41, 5.74) is 1.79. The van der Waals surface area contributed by atoms with E-state index in [1.54, 1.807) is 24.8 Å². The molecule has 2 aliphatic rings. The van der Waals surface area contributed by atoms with Crippen LogP contribution < -0.4 is 10.2 Å². The van der Waals surface area contributed by atoms with E-state index in [9.17, 15) is 9.90 Å². The normalized spacial score (nSPS) is 19.4. The largest absolute Gasteiger partial charge is 0.465 e. The molecule has 0 unspecified atom stereocenters. The monoisotopic (exact) mass is 506 g/mol. The Labute approximate surface area is 197 Å². The minimum absolute atomic E-state index is 0.0160. The number of carbonyl (C=O) groups is 1. The number of amides is 1. The van der Waals surface area contributed by atoms with Crippen molar-refractivity contribution in [2.24, 2.45) is 0 Å². The van der Waals surface area contributed by atoms with Gasteiger partial charge in [0.05, 0.1) is 29.5 Å². The van der Waals surface area contributed by atoms with Crippen LogP contribution in [-0.4, -0.2) is 66.0 Å². The summed E-state index contributed by atoms with van der Waals surface area (Å²) in [5.74, 6) is 2.11. The molecule has 1 aromatic carbocycles. The molecule has 3 aromatic heterocycles. The highest BCUT2D eigenvalue weighted by atomic mass is 79.9. The molecule has 10 nitrogen and oxygen atoms in total. The lowest BCUT2D eigenvalue weighted by molar-refractivity contribution is 0.137. The molecule has 33 heavy (non-hydrogen) atoms. The number of rotatable bonds is 4. The zero-order valence-electron chi connectivity index (χ0n) is 17.3. The SMILES string of the molecule is O=C(O)N1C[C@@H]2C[C@H]1CN2c1cc(-n2nc(Nc3cnccn3)c3ccc(Br)cc32)ccn1. The second-order valence-corrected chi connectivity index (χ2v) is 9.06. The number of anilines is 3. The van der Waals surface area contributed by atoms with E-state index in [-0.39, 0.29) is 12.1 Å². The van der Waals surface area contributed by atoms with Gasteiger partial charge >= 0.3 is 6.09 Å². The summed E-state index contributed by atoms with van der Waals surface area (Å²) in [4.78, 5) is 28.1. The molecule has 4 aromatic rings. The van der Waals surface area contributed by atoms with Crippen LogP contribution >= 0.6 is 15.9 Å². The molecule has 2 fully saturated rings. The molecule has 0 radical (unpaired) electrons. The molecule has 1 amide bonds. The van der Waals surface area contributed by atoms with Gasteiger partial charge in [0.15, 0.2) is 5.82 Å². The second kappa shape index (κ2) is 7.69. The molecular weight excluding hydrogens is 488 g/mol. The van der Waals surface area contributed by atoms with Crippen LogP contribution in [0.4, 0.5) is 22.2 Å². The van der Waals surface area contributed by atoms with Crippen LogP contribution in [0.25, 0.3) is 16.6 Å². The van der Waals surface area contributed by atoms with Gasteiger partial charge in [-0.1, -0.05) is 15.9 Å². The van der Waals surface area contributed by atoms with Gasteiger partial charge in [-0.3, -0.25) is 4.98 Å². The average molecular weight is 507 g/mol. The Bertz CT molecular complexity index is 1360. The lowest BCUT2D eigenvalue weighted by Gasteiger charge is -2.33. The van der Waals surface area contributed by atoms with E-state index in [1.165, 1.54) is 4.90 Å². The minimum Gasteiger partial charge on any atom is -0.465 e. The number of likely N-dealkylation sites (tertiary alicyclic amines) is 1. The maximum absolute atomic E-state index is 11.4. The van der Waals surface area contributed by atoms with Gasteiger partial charge in [0, 0.05) is 47.6 Å². The van der Waals surface area contributed by atoms with Gasteiger partial charge in [0.2, 0.25) is 0 Å². The number of pyridine rings is 1. The van der Waals surface area contributed by atoms with Crippen molar-refractivity contribution in [3.8, 4) is 5.69 Å². The van der Waals surface area contributed by atoms with Crippen LogP contribution in [0.3, 0.4) is 0 Å². The Morgan fingerprint density at radius 1 is 1.09 bits per heavy atom. The molecule has 2 aliphatic heterocycles. The molecule has 5 heterocycles. The van der Waals surface area contributed by atoms with E-state index in [4.69, 9.17) is 5.10 Å². The number of fused-ring (bicyclic) bond motifs is 3. The molecule has 0 spiro atoms. The number of nitrogens with one attached hydrogen (secondary N) is 1. The van der Waals surface area contributed by atoms with Crippen molar-refractivity contribution in [1.82, 2.24) is 29.6 Å². The molecule has 11 heteroatoms. The predicted octanol–water partition coefficient (Wildman–Crippen LogP) is 3.66. The Morgan fingerprint density at radius 2 is 2.00 bits per heavy atom. The van der Waals surface area contributed by atoms with Gasteiger partial charge in [-0.15, -0.1) is 5.10 Å². The fraction of sp³-hybridized carbons (Fsp3) is 0.227. The highest BCUT2D eigenvalue weighted by Gasteiger charge is 2.45. The standard InChI is InChI=1S/C22H19BrN8O2/c23-13-1-2-17-18(7-13)31(28-21(17)27-19-10-24-5-6-25-19)14-3-4-26-20(9-14)29-11-16-8-15(29)12-30(16)22(32)33/h1-7,9-10,15-16H,8,11-12H2,(H,32,33)(H,25,27,28)/t15-,16-/m0/s1. The Kier molecular flexibility index (Phi) is 4.64. The summed E-state index contributed by atoms with van der Waals surface area (Å²) in [6, 6.07) is 10.1. The lowest BCUT2D eigenvalue weighted by Crippen LogP contribution is -2.48. The fourth-order valence-corrected chi connectivity index (χ4v) is 5.09. The second-order valence-electron chi connectivity index (χ2n) is 8.14. The summed E-state index contributed by atoms with van der Waals surface area (Å²) >= 11 is 3.57. The first-order valence-corrected chi connectivity index (χ1v) is 11.3. The van der Waals surface area contributed by atoms with Gasteiger partial charge < -0.3 is 20.2 Å². The summed E-state index contributed by atoms with van der Waals surface area (Å²) in [6.07, 6.45) is 6.66. The molecule has 6 rings (SSSR count). The number of carboxylic acid groups (broad SMARTS) is 1. The third-order valence-electron chi connectivity index (χ3n) is 6.21. The number of hydrogen-bond donors (Lipinski definition) is 2. The van der Waals surface area contributed by atoms with E-state index in [1.807, 2.05) is 35.0 Å². The Hall–Kier alpha value is -3.73. The highest BCUT2D eigenvalue weighted by Crippen LogP contribution is 2.35. The first-order valence-electron chi connectivity index (χ1n) is 10.5. The van der Waals surface area contributed by atoms with Gasteiger partial charge in [-0.05, 0) is 30.7 Å². The zero-order valence-corrected chi connectivity index (χ0v) is 18.9. The van der Waals surface area contributed by atoms with Gasteiger partial charge in [-0.2, -0.15) is 0 Å². The topological polar surface area (TPSA) is 112 Å². The fourth-order valence-electron chi connectivity index (χ4n) is 4.74. The van der Waals surface area contributed by atoms with Crippen molar-refractivity contribution in [3.63, 3.8) is 0 Å². The third kappa shape index (κ3) is 3.44. The molecule has 0 aliphatic carbocycles. The van der Waals surface area contributed by atoms with Gasteiger partial charge in [0.25, 0.3) is 0 Å². The summed E-state index contributed by atoms with van der Waals surface area (Å²) in [5, 5.41) is 18.4. The maximum atomic E-state index is 11.4. The summed E-state index contributed by atoms with van der Waals surface area (Å²) in [7, 11) is 0. The smallest absolute Gasteiger partial charge is 0.407 e. The summed E-state index contributed by atoms with van der Waals surface area (Å²) < 4.78 is 2.82. The molecule has 2 bridgehead atoms.